The third-order valence-electron chi connectivity index (χ3n) is 5.54. The van der Waals surface area contributed by atoms with Crippen LogP contribution in [0.15, 0.2) is 80.4 Å². The van der Waals surface area contributed by atoms with Gasteiger partial charge in [-0.05, 0) is 48.0 Å². The van der Waals surface area contributed by atoms with E-state index in [9.17, 15) is 9.59 Å². The van der Waals surface area contributed by atoms with Crippen LogP contribution in [0.2, 0.25) is 0 Å². The van der Waals surface area contributed by atoms with Gasteiger partial charge in [0.05, 0.1) is 26.9 Å². The molecule has 0 saturated carbocycles. The lowest BCUT2D eigenvalue weighted by Crippen LogP contribution is -2.07. The van der Waals surface area contributed by atoms with E-state index in [1.54, 1.807) is 60.7 Å². The number of benzene rings is 3. The molecule has 0 bridgehead atoms. The topological polar surface area (TPSA) is 97.3 Å². The van der Waals surface area contributed by atoms with Gasteiger partial charge in [0.15, 0.2) is 22.8 Å². The van der Waals surface area contributed by atoms with E-state index in [0.717, 1.165) is 0 Å². The predicted molar refractivity (Wildman–Crippen MR) is 129 cm³/mol. The number of fused-ring (bicyclic) bond motifs is 2. The van der Waals surface area contributed by atoms with Gasteiger partial charge in [-0.15, -0.1) is 0 Å². The van der Waals surface area contributed by atoms with Crippen molar-refractivity contribution in [3.8, 4) is 34.1 Å². The molecule has 0 aliphatic carbocycles. The number of carbonyl (C=O) groups excluding carboxylic acids is 1. The second-order valence-corrected chi connectivity index (χ2v) is 7.60. The molecule has 0 aliphatic rings. The third-order valence-corrected chi connectivity index (χ3v) is 5.54. The fourth-order valence-corrected chi connectivity index (χ4v) is 3.82. The first-order chi connectivity index (χ1) is 17.0. The molecule has 176 valence electrons. The van der Waals surface area contributed by atoms with Crippen LogP contribution in [0.25, 0.3) is 33.1 Å². The van der Waals surface area contributed by atoms with E-state index in [0.29, 0.717) is 44.7 Å². The zero-order chi connectivity index (χ0) is 24.5. The van der Waals surface area contributed by atoms with Crippen LogP contribution in [0.3, 0.4) is 0 Å². The van der Waals surface area contributed by atoms with Gasteiger partial charge in [0.1, 0.15) is 11.3 Å². The standard InChI is InChI=1S/C27H20O8/c1-30-20-10-8-15(12-23(20)32-3)19-11-16-7-9-18(14-22(16)35-26(19)28)33-27(29)24-13-17-5-4-6-21(31-2)25(17)34-24/h4-14H,1-3H3. The Kier molecular flexibility index (Phi) is 5.62. The summed E-state index contributed by atoms with van der Waals surface area (Å²) in [6.45, 7) is 0. The van der Waals surface area contributed by atoms with Crippen LogP contribution >= 0.6 is 0 Å². The molecule has 0 fully saturated rings. The minimum Gasteiger partial charge on any atom is -0.493 e. The van der Waals surface area contributed by atoms with Crippen molar-refractivity contribution < 1.29 is 32.6 Å². The summed E-state index contributed by atoms with van der Waals surface area (Å²) in [6.07, 6.45) is 0. The highest BCUT2D eigenvalue weighted by molar-refractivity contribution is 5.95. The maximum atomic E-state index is 12.7. The fraction of sp³-hybridized carbons (Fsp3) is 0.111. The number of furan rings is 1. The first kappa shape index (κ1) is 22.1. The van der Waals surface area contributed by atoms with Crippen LogP contribution in [0.5, 0.6) is 23.0 Å². The Bertz CT molecular complexity index is 1630. The number of carbonyl (C=O) groups is 1. The number of hydrogen-bond donors (Lipinski definition) is 0. The molecule has 8 heteroatoms. The number of hydrogen-bond acceptors (Lipinski definition) is 8. The molecule has 0 atom stereocenters. The van der Waals surface area contributed by atoms with Gasteiger partial charge in [0.2, 0.25) is 5.76 Å². The van der Waals surface area contributed by atoms with Crippen LogP contribution in [0.4, 0.5) is 0 Å². The molecule has 8 nitrogen and oxygen atoms in total. The Balaban J connectivity index is 1.44. The van der Waals surface area contributed by atoms with Gasteiger partial charge in [0.25, 0.3) is 0 Å². The second kappa shape index (κ2) is 8.90. The van der Waals surface area contributed by atoms with Crippen molar-refractivity contribution in [3.05, 3.63) is 82.9 Å². The molecule has 0 amide bonds. The van der Waals surface area contributed by atoms with E-state index in [1.807, 2.05) is 0 Å². The molecule has 0 radical (unpaired) electrons. The summed E-state index contributed by atoms with van der Waals surface area (Å²) in [7, 11) is 4.58. The lowest BCUT2D eigenvalue weighted by atomic mass is 10.1. The summed E-state index contributed by atoms with van der Waals surface area (Å²) in [5.41, 5.74) is 1.16. The van der Waals surface area contributed by atoms with Gasteiger partial charge >= 0.3 is 11.6 Å². The highest BCUT2D eigenvalue weighted by atomic mass is 16.5. The Hall–Kier alpha value is -4.72. The number of methoxy groups -OCH3 is 3. The van der Waals surface area contributed by atoms with Crippen LogP contribution < -0.4 is 24.6 Å². The molecule has 0 saturated heterocycles. The van der Waals surface area contributed by atoms with Gasteiger partial charge in [-0.25, -0.2) is 9.59 Å². The minimum atomic E-state index is -0.688. The molecular weight excluding hydrogens is 452 g/mol. The maximum absolute atomic E-state index is 12.7. The summed E-state index contributed by atoms with van der Waals surface area (Å²) in [5, 5.41) is 1.37. The zero-order valence-electron chi connectivity index (χ0n) is 19.1. The van der Waals surface area contributed by atoms with Crippen LogP contribution in [0.1, 0.15) is 10.6 Å². The summed E-state index contributed by atoms with van der Waals surface area (Å²) >= 11 is 0. The van der Waals surface area contributed by atoms with E-state index in [-0.39, 0.29) is 17.1 Å². The third kappa shape index (κ3) is 4.06. The van der Waals surface area contributed by atoms with Crippen molar-refractivity contribution in [1.82, 2.24) is 0 Å². The molecule has 2 aromatic heterocycles. The first-order valence-corrected chi connectivity index (χ1v) is 10.6. The van der Waals surface area contributed by atoms with Crippen molar-refractivity contribution >= 4 is 27.9 Å². The summed E-state index contributed by atoms with van der Waals surface area (Å²) < 4.78 is 32.5. The Morgan fingerprint density at radius 3 is 2.31 bits per heavy atom. The summed E-state index contributed by atoms with van der Waals surface area (Å²) in [6, 6.07) is 18.6. The van der Waals surface area contributed by atoms with Crippen molar-refractivity contribution in [3.63, 3.8) is 0 Å². The summed E-state index contributed by atoms with van der Waals surface area (Å²) in [5.74, 6) is 1.10. The van der Waals surface area contributed by atoms with Gasteiger partial charge in [-0.1, -0.05) is 18.2 Å². The molecule has 0 N–H and O–H groups in total. The van der Waals surface area contributed by atoms with Gasteiger partial charge in [-0.3, -0.25) is 0 Å². The number of ether oxygens (including phenoxy) is 4. The van der Waals surface area contributed by atoms with Gasteiger partial charge in [-0.2, -0.15) is 0 Å². The lowest BCUT2D eigenvalue weighted by molar-refractivity contribution is 0.0704. The molecular formula is C27H20O8. The van der Waals surface area contributed by atoms with Crippen LogP contribution in [0, 0.1) is 0 Å². The van der Waals surface area contributed by atoms with E-state index in [1.165, 1.54) is 27.4 Å². The van der Waals surface area contributed by atoms with Crippen LogP contribution in [-0.2, 0) is 0 Å². The van der Waals surface area contributed by atoms with E-state index in [4.69, 9.17) is 27.8 Å². The molecule has 2 heterocycles. The SMILES string of the molecule is COc1ccc(-c2cc3ccc(OC(=O)c4cc5cccc(OC)c5o4)cc3oc2=O)cc1OC. The zero-order valence-corrected chi connectivity index (χ0v) is 19.1. The van der Waals surface area contributed by atoms with Crippen molar-refractivity contribution in [2.24, 2.45) is 0 Å². The van der Waals surface area contributed by atoms with E-state index >= 15 is 0 Å². The molecule has 0 aliphatic heterocycles. The smallest absolute Gasteiger partial charge is 0.379 e. The molecule has 0 unspecified atom stereocenters. The summed E-state index contributed by atoms with van der Waals surface area (Å²) in [4.78, 5) is 25.4. The molecule has 5 aromatic rings. The van der Waals surface area contributed by atoms with Crippen molar-refractivity contribution in [1.29, 1.82) is 0 Å². The highest BCUT2D eigenvalue weighted by Crippen LogP contribution is 2.33. The van der Waals surface area contributed by atoms with E-state index < -0.39 is 11.6 Å². The second-order valence-electron chi connectivity index (χ2n) is 7.60. The molecule has 5 rings (SSSR count). The number of para-hydroxylation sites is 1. The van der Waals surface area contributed by atoms with E-state index in [2.05, 4.69) is 0 Å². The lowest BCUT2D eigenvalue weighted by Gasteiger charge is -2.10. The Morgan fingerprint density at radius 2 is 1.54 bits per heavy atom. The quantitative estimate of drug-likeness (QED) is 0.183. The largest absolute Gasteiger partial charge is 0.493 e. The molecule has 3 aromatic carbocycles. The molecule has 35 heavy (non-hydrogen) atoms. The van der Waals surface area contributed by atoms with Crippen molar-refractivity contribution in [2.75, 3.05) is 21.3 Å². The highest BCUT2D eigenvalue weighted by Gasteiger charge is 2.18. The normalized spacial score (nSPS) is 10.9. The first-order valence-electron chi connectivity index (χ1n) is 10.6. The van der Waals surface area contributed by atoms with Crippen molar-refractivity contribution in [2.45, 2.75) is 0 Å². The number of rotatable bonds is 6. The van der Waals surface area contributed by atoms with Gasteiger partial charge < -0.3 is 27.8 Å². The average Bonchev–Trinajstić information content (AvgIpc) is 3.32. The van der Waals surface area contributed by atoms with Crippen LogP contribution in [-0.4, -0.2) is 27.3 Å². The minimum absolute atomic E-state index is 0.0230. The Labute approximate surface area is 199 Å². The van der Waals surface area contributed by atoms with Gasteiger partial charge in [0, 0.05) is 16.8 Å². The monoisotopic (exact) mass is 472 g/mol. The number of esters is 1. The molecule has 0 spiro atoms. The average molecular weight is 472 g/mol. The maximum Gasteiger partial charge on any atom is 0.379 e. The Morgan fingerprint density at radius 1 is 0.743 bits per heavy atom. The predicted octanol–water partition coefficient (Wildman–Crippen LogP) is 5.45. The fourth-order valence-electron chi connectivity index (χ4n) is 3.82.